The van der Waals surface area contributed by atoms with Crippen molar-refractivity contribution < 1.29 is 4.52 Å². The molecule has 0 aliphatic heterocycles. The third-order valence-electron chi connectivity index (χ3n) is 2.60. The maximum absolute atomic E-state index is 5.69. The van der Waals surface area contributed by atoms with Crippen LogP contribution in [0.1, 0.15) is 30.6 Å². The van der Waals surface area contributed by atoms with E-state index in [2.05, 4.69) is 26.1 Å². The Hall–Kier alpha value is -1.20. The summed E-state index contributed by atoms with van der Waals surface area (Å²) in [5.41, 5.74) is 6.86. The molecule has 1 aromatic heterocycles. The second kappa shape index (κ2) is 6.11. The van der Waals surface area contributed by atoms with Crippen LogP contribution in [-0.2, 0) is 12.8 Å². The fourth-order valence-electron chi connectivity index (χ4n) is 1.60. The number of nitrogens with two attached hydrogens (primary N) is 1. The summed E-state index contributed by atoms with van der Waals surface area (Å²) in [5.74, 6) is 1.39. The third kappa shape index (κ3) is 3.92. The van der Waals surface area contributed by atoms with E-state index in [9.17, 15) is 0 Å². The van der Waals surface area contributed by atoms with Gasteiger partial charge in [0.25, 0.3) is 0 Å². The monoisotopic (exact) mass is 309 g/mol. The average molecular weight is 310 g/mol. The normalized spacial score (nSPS) is 12.6. The lowest BCUT2D eigenvalue weighted by Gasteiger charge is -1.99. The van der Waals surface area contributed by atoms with Crippen molar-refractivity contribution in [1.29, 1.82) is 0 Å². The molecule has 0 saturated heterocycles. The molecule has 0 amide bonds. The van der Waals surface area contributed by atoms with Crippen LogP contribution in [-0.4, -0.2) is 16.2 Å². The van der Waals surface area contributed by atoms with Gasteiger partial charge in [0.15, 0.2) is 5.82 Å². The van der Waals surface area contributed by atoms with Crippen molar-refractivity contribution in [2.45, 2.75) is 32.2 Å². The predicted molar refractivity (Wildman–Crippen MR) is 73.2 cm³/mol. The second-order valence-corrected chi connectivity index (χ2v) is 5.34. The van der Waals surface area contributed by atoms with Gasteiger partial charge >= 0.3 is 0 Å². The van der Waals surface area contributed by atoms with E-state index in [0.717, 1.165) is 28.7 Å². The first-order chi connectivity index (χ1) is 8.63. The van der Waals surface area contributed by atoms with Gasteiger partial charge in [-0.05, 0) is 31.0 Å². The van der Waals surface area contributed by atoms with Crippen LogP contribution in [0.2, 0.25) is 0 Å². The Morgan fingerprint density at radius 1 is 1.33 bits per heavy atom. The van der Waals surface area contributed by atoms with Gasteiger partial charge in [-0.3, -0.25) is 0 Å². The number of rotatable bonds is 5. The van der Waals surface area contributed by atoms with Gasteiger partial charge in [-0.1, -0.05) is 33.2 Å². The molecule has 18 heavy (non-hydrogen) atoms. The Morgan fingerprint density at radius 2 is 2.06 bits per heavy atom. The van der Waals surface area contributed by atoms with Crippen molar-refractivity contribution in [3.63, 3.8) is 0 Å². The zero-order valence-electron chi connectivity index (χ0n) is 10.3. The highest BCUT2D eigenvalue weighted by Gasteiger charge is 2.07. The summed E-state index contributed by atoms with van der Waals surface area (Å²) in [4.78, 5) is 4.35. The molecule has 2 N–H and O–H groups in total. The Morgan fingerprint density at radius 3 is 2.72 bits per heavy atom. The topological polar surface area (TPSA) is 64.9 Å². The maximum Gasteiger partial charge on any atom is 0.226 e. The van der Waals surface area contributed by atoms with Crippen LogP contribution in [0.25, 0.3) is 0 Å². The summed E-state index contributed by atoms with van der Waals surface area (Å²) >= 11 is 3.41. The summed E-state index contributed by atoms with van der Waals surface area (Å²) in [6.45, 7) is 1.97. The number of aryl methyl sites for hydroxylation is 1. The van der Waals surface area contributed by atoms with E-state index in [-0.39, 0.29) is 6.04 Å². The van der Waals surface area contributed by atoms with Crippen LogP contribution in [0.4, 0.5) is 0 Å². The fraction of sp³-hybridized carbons (Fsp3) is 0.385. The van der Waals surface area contributed by atoms with Crippen molar-refractivity contribution in [1.82, 2.24) is 10.1 Å². The lowest BCUT2D eigenvalue weighted by Crippen LogP contribution is -2.15. The highest BCUT2D eigenvalue weighted by Crippen LogP contribution is 2.13. The number of benzene rings is 1. The van der Waals surface area contributed by atoms with Crippen LogP contribution < -0.4 is 5.73 Å². The van der Waals surface area contributed by atoms with Crippen LogP contribution in [0.5, 0.6) is 0 Å². The number of halogens is 1. The summed E-state index contributed by atoms with van der Waals surface area (Å²) in [6.07, 6.45) is 2.29. The summed E-state index contributed by atoms with van der Waals surface area (Å²) < 4.78 is 6.25. The zero-order valence-corrected chi connectivity index (χ0v) is 11.9. The second-order valence-electron chi connectivity index (χ2n) is 4.42. The molecule has 0 aliphatic rings. The van der Waals surface area contributed by atoms with Gasteiger partial charge in [-0.15, -0.1) is 0 Å². The first kappa shape index (κ1) is 13.2. The number of aromatic nitrogens is 2. The van der Waals surface area contributed by atoms with E-state index < -0.39 is 0 Å². The third-order valence-corrected chi connectivity index (χ3v) is 3.13. The molecule has 5 heteroatoms. The summed E-state index contributed by atoms with van der Waals surface area (Å²) in [5, 5.41) is 3.97. The Bertz CT molecular complexity index is 493. The highest BCUT2D eigenvalue weighted by molar-refractivity contribution is 9.10. The minimum Gasteiger partial charge on any atom is -0.339 e. The smallest absolute Gasteiger partial charge is 0.226 e. The highest BCUT2D eigenvalue weighted by atomic mass is 79.9. The Balaban J connectivity index is 1.95. The maximum atomic E-state index is 5.69. The molecule has 2 rings (SSSR count). The van der Waals surface area contributed by atoms with Gasteiger partial charge in [0.05, 0.1) is 0 Å². The van der Waals surface area contributed by atoms with Crippen LogP contribution >= 0.6 is 15.9 Å². The molecule has 1 unspecified atom stereocenters. The van der Waals surface area contributed by atoms with E-state index >= 15 is 0 Å². The van der Waals surface area contributed by atoms with Crippen molar-refractivity contribution >= 4 is 15.9 Å². The zero-order chi connectivity index (χ0) is 13.0. The Kier molecular flexibility index (Phi) is 4.49. The minimum atomic E-state index is 0.159. The molecule has 1 aromatic carbocycles. The van der Waals surface area contributed by atoms with Crippen molar-refractivity contribution in [2.75, 3.05) is 0 Å². The van der Waals surface area contributed by atoms with Crippen LogP contribution in [0, 0.1) is 0 Å². The largest absolute Gasteiger partial charge is 0.339 e. The average Bonchev–Trinajstić information content (AvgIpc) is 2.77. The molecule has 4 nitrogen and oxygen atoms in total. The lowest BCUT2D eigenvalue weighted by atomic mass is 10.1. The van der Waals surface area contributed by atoms with Crippen LogP contribution in [0.15, 0.2) is 33.3 Å². The van der Waals surface area contributed by atoms with Gasteiger partial charge in [0, 0.05) is 23.4 Å². The number of hydrogen-bond donors (Lipinski definition) is 1. The quantitative estimate of drug-likeness (QED) is 0.922. The minimum absolute atomic E-state index is 0.159. The van der Waals surface area contributed by atoms with Crippen molar-refractivity contribution in [3.05, 3.63) is 46.0 Å². The molecule has 0 bridgehead atoms. The summed E-state index contributed by atoms with van der Waals surface area (Å²) in [6, 6.07) is 8.26. The fourth-order valence-corrected chi connectivity index (χ4v) is 1.86. The van der Waals surface area contributed by atoms with Crippen LogP contribution in [0.3, 0.4) is 0 Å². The van der Waals surface area contributed by atoms with Gasteiger partial charge in [-0.25, -0.2) is 0 Å². The van der Waals surface area contributed by atoms with E-state index in [4.69, 9.17) is 10.3 Å². The van der Waals surface area contributed by atoms with E-state index in [1.807, 2.05) is 31.2 Å². The summed E-state index contributed by atoms with van der Waals surface area (Å²) in [7, 11) is 0. The van der Waals surface area contributed by atoms with E-state index in [1.165, 1.54) is 0 Å². The van der Waals surface area contributed by atoms with Crippen molar-refractivity contribution in [2.24, 2.45) is 5.73 Å². The van der Waals surface area contributed by atoms with E-state index in [0.29, 0.717) is 12.3 Å². The molecule has 2 aromatic rings. The molecule has 0 fully saturated rings. The Labute approximate surface area is 115 Å². The SMILES string of the molecule is CC(N)CCc1nc(Cc2ccc(Br)cc2)no1. The van der Waals surface area contributed by atoms with E-state index in [1.54, 1.807) is 0 Å². The lowest BCUT2D eigenvalue weighted by molar-refractivity contribution is 0.368. The van der Waals surface area contributed by atoms with Gasteiger partial charge in [0.2, 0.25) is 5.89 Å². The molecular formula is C13H16BrN3O. The standard InChI is InChI=1S/C13H16BrN3O/c1-9(15)2-7-13-16-12(17-18-13)8-10-3-5-11(14)6-4-10/h3-6,9H,2,7-8,15H2,1H3. The number of hydrogen-bond acceptors (Lipinski definition) is 4. The molecule has 1 atom stereocenters. The first-order valence-corrected chi connectivity index (χ1v) is 6.74. The van der Waals surface area contributed by atoms with Gasteiger partial charge in [-0.2, -0.15) is 4.98 Å². The van der Waals surface area contributed by atoms with Gasteiger partial charge < -0.3 is 10.3 Å². The predicted octanol–water partition coefficient (Wildman–Crippen LogP) is 2.70. The van der Waals surface area contributed by atoms with Crippen molar-refractivity contribution in [3.8, 4) is 0 Å². The van der Waals surface area contributed by atoms with Gasteiger partial charge in [0.1, 0.15) is 0 Å². The molecule has 0 aliphatic carbocycles. The first-order valence-electron chi connectivity index (χ1n) is 5.95. The molecule has 1 heterocycles. The molecular weight excluding hydrogens is 294 g/mol. The molecule has 96 valence electrons. The number of nitrogens with zero attached hydrogens (tertiary/aromatic N) is 2. The molecule has 0 spiro atoms. The molecule has 0 radical (unpaired) electrons. The molecule has 0 saturated carbocycles.